The zero-order valence-electron chi connectivity index (χ0n) is 9.33. The van der Waals surface area contributed by atoms with Crippen LogP contribution in [0.1, 0.15) is 17.8 Å². The molecular formula is C11H13Br2NO2S. The highest BCUT2D eigenvalue weighted by atomic mass is 79.9. The molecular weight excluding hydrogens is 370 g/mol. The summed E-state index contributed by atoms with van der Waals surface area (Å²) in [5, 5.41) is 3.09. The van der Waals surface area contributed by atoms with Crippen LogP contribution in [0.25, 0.3) is 0 Å². The van der Waals surface area contributed by atoms with E-state index in [0.29, 0.717) is 13.2 Å². The molecule has 0 amide bonds. The number of halogens is 2. The third-order valence-corrected chi connectivity index (χ3v) is 5.26. The van der Waals surface area contributed by atoms with Gasteiger partial charge in [0.2, 0.25) is 0 Å². The molecule has 1 heterocycles. The topological polar surface area (TPSA) is 38.3 Å². The van der Waals surface area contributed by atoms with Crippen LogP contribution in [0.4, 0.5) is 0 Å². The number of hydrogen-bond acceptors (Lipinski definition) is 4. The maximum absolute atomic E-state index is 11.8. The molecule has 0 aliphatic rings. The molecule has 0 aliphatic carbocycles. The molecule has 3 nitrogen and oxygen atoms in total. The lowest BCUT2D eigenvalue weighted by Gasteiger charge is -2.14. The number of ether oxygens (including phenoxy) is 1. The zero-order valence-corrected chi connectivity index (χ0v) is 13.3. The van der Waals surface area contributed by atoms with Crippen LogP contribution in [0, 0.1) is 0 Å². The van der Waals surface area contributed by atoms with E-state index in [0.717, 1.165) is 13.1 Å². The molecule has 0 saturated carbocycles. The molecule has 1 aromatic heterocycles. The second kappa shape index (κ2) is 7.31. The molecule has 1 unspecified atom stereocenters. The number of hydrogen-bond donors (Lipinski definition) is 1. The first-order valence-electron chi connectivity index (χ1n) is 5.05. The van der Waals surface area contributed by atoms with E-state index < -0.39 is 6.04 Å². The van der Waals surface area contributed by atoms with Gasteiger partial charge in [-0.3, -0.25) is 5.32 Å². The molecule has 0 saturated heterocycles. The highest BCUT2D eigenvalue weighted by Gasteiger charge is 2.23. The van der Waals surface area contributed by atoms with E-state index in [-0.39, 0.29) is 5.97 Å². The Labute approximate surface area is 121 Å². The predicted molar refractivity (Wildman–Crippen MR) is 77.3 cm³/mol. The minimum atomic E-state index is -0.444. The van der Waals surface area contributed by atoms with Gasteiger partial charge in [-0.25, -0.2) is 4.79 Å². The van der Waals surface area contributed by atoms with Crippen molar-refractivity contribution in [1.29, 1.82) is 0 Å². The van der Waals surface area contributed by atoms with Crippen molar-refractivity contribution in [3.63, 3.8) is 0 Å². The predicted octanol–water partition coefficient (Wildman–Crippen LogP) is 3.65. The summed E-state index contributed by atoms with van der Waals surface area (Å²) >= 11 is 8.32. The fourth-order valence-electron chi connectivity index (χ4n) is 1.23. The second-order valence-electron chi connectivity index (χ2n) is 3.15. The van der Waals surface area contributed by atoms with Gasteiger partial charge >= 0.3 is 5.97 Å². The molecule has 1 aromatic rings. The van der Waals surface area contributed by atoms with Crippen molar-refractivity contribution in [2.75, 3.05) is 13.2 Å². The first-order valence-corrected chi connectivity index (χ1v) is 7.46. The Hall–Kier alpha value is -0.170. The summed E-state index contributed by atoms with van der Waals surface area (Å²) in [4.78, 5) is 12.7. The van der Waals surface area contributed by atoms with Crippen LogP contribution in [0.2, 0.25) is 0 Å². The van der Waals surface area contributed by atoms with Crippen molar-refractivity contribution in [3.05, 3.63) is 31.9 Å². The number of carbonyl (C=O) groups excluding carboxylic acids is 1. The molecule has 6 heteroatoms. The minimum Gasteiger partial charge on any atom is -0.465 e. The molecule has 0 fully saturated rings. The van der Waals surface area contributed by atoms with Crippen LogP contribution in [0.5, 0.6) is 0 Å². The fraction of sp³-hybridized carbons (Fsp3) is 0.364. The Balaban J connectivity index is 2.88. The molecule has 0 aliphatic heterocycles. The van der Waals surface area contributed by atoms with E-state index in [9.17, 15) is 4.79 Å². The number of thiophene rings is 1. The first-order chi connectivity index (χ1) is 8.10. The zero-order chi connectivity index (χ0) is 12.8. The van der Waals surface area contributed by atoms with Crippen molar-refractivity contribution in [1.82, 2.24) is 5.32 Å². The summed E-state index contributed by atoms with van der Waals surface area (Å²) in [5.41, 5.74) is 0. The Bertz CT molecular complexity index is 387. The van der Waals surface area contributed by atoms with Gasteiger partial charge in [-0.2, -0.15) is 0 Å². The van der Waals surface area contributed by atoms with E-state index in [1.165, 1.54) is 11.3 Å². The van der Waals surface area contributed by atoms with Gasteiger partial charge in [-0.15, -0.1) is 17.9 Å². The Kier molecular flexibility index (Phi) is 6.40. The van der Waals surface area contributed by atoms with E-state index in [4.69, 9.17) is 4.74 Å². The van der Waals surface area contributed by atoms with Crippen molar-refractivity contribution >= 4 is 49.2 Å². The monoisotopic (exact) mass is 381 g/mol. The average molecular weight is 383 g/mol. The summed E-state index contributed by atoms with van der Waals surface area (Å²) in [5.74, 6) is -0.268. The summed E-state index contributed by atoms with van der Waals surface area (Å²) in [6, 6.07) is 1.47. The van der Waals surface area contributed by atoms with Crippen molar-refractivity contribution in [2.24, 2.45) is 0 Å². The van der Waals surface area contributed by atoms with Crippen LogP contribution in [-0.2, 0) is 9.53 Å². The number of carbonyl (C=O) groups is 1. The van der Waals surface area contributed by atoms with E-state index in [1.807, 2.05) is 6.07 Å². The summed E-state index contributed by atoms with van der Waals surface area (Å²) in [7, 11) is 0. The lowest BCUT2D eigenvalue weighted by molar-refractivity contribution is -0.145. The third-order valence-electron chi connectivity index (χ3n) is 1.94. The number of rotatable bonds is 6. The van der Waals surface area contributed by atoms with E-state index in [2.05, 4.69) is 43.8 Å². The molecule has 0 spiro atoms. The summed E-state index contributed by atoms with van der Waals surface area (Å²) in [6.07, 6.45) is 1.71. The largest absolute Gasteiger partial charge is 0.465 e. The van der Waals surface area contributed by atoms with Crippen LogP contribution in [-0.4, -0.2) is 19.1 Å². The molecule has 0 bridgehead atoms. The number of esters is 1. The van der Waals surface area contributed by atoms with Gasteiger partial charge in [0.05, 0.1) is 10.4 Å². The average Bonchev–Trinajstić information content (AvgIpc) is 2.60. The van der Waals surface area contributed by atoms with Crippen molar-refractivity contribution in [3.8, 4) is 0 Å². The van der Waals surface area contributed by atoms with Gasteiger partial charge in [0.1, 0.15) is 6.04 Å². The van der Waals surface area contributed by atoms with Crippen LogP contribution < -0.4 is 5.32 Å². The lowest BCUT2D eigenvalue weighted by Crippen LogP contribution is -2.29. The normalized spacial score (nSPS) is 12.2. The lowest BCUT2D eigenvalue weighted by atomic mass is 10.2. The highest BCUT2D eigenvalue weighted by Crippen LogP contribution is 2.35. The van der Waals surface area contributed by atoms with E-state index >= 15 is 0 Å². The van der Waals surface area contributed by atoms with Gasteiger partial charge in [-0.1, -0.05) is 6.08 Å². The Morgan fingerprint density at radius 1 is 1.71 bits per heavy atom. The third kappa shape index (κ3) is 4.21. The van der Waals surface area contributed by atoms with Gasteiger partial charge in [0, 0.05) is 15.9 Å². The second-order valence-corrected chi connectivity index (χ2v) is 6.41. The van der Waals surface area contributed by atoms with Crippen LogP contribution in [0.15, 0.2) is 27.0 Å². The summed E-state index contributed by atoms with van der Waals surface area (Å²) in [6.45, 7) is 6.35. The highest BCUT2D eigenvalue weighted by molar-refractivity contribution is 9.13. The molecule has 1 N–H and O–H groups in total. The summed E-state index contributed by atoms with van der Waals surface area (Å²) < 4.78 is 6.94. The molecule has 0 radical (unpaired) electrons. The smallest absolute Gasteiger partial charge is 0.328 e. The van der Waals surface area contributed by atoms with Gasteiger partial charge in [0.15, 0.2) is 0 Å². The molecule has 0 aromatic carbocycles. The van der Waals surface area contributed by atoms with Crippen LogP contribution >= 0.6 is 43.2 Å². The Morgan fingerprint density at radius 3 is 2.88 bits per heavy atom. The van der Waals surface area contributed by atoms with Gasteiger partial charge in [-0.05, 0) is 44.8 Å². The molecule has 1 rings (SSSR count). The quantitative estimate of drug-likeness (QED) is 0.602. The van der Waals surface area contributed by atoms with Crippen LogP contribution in [0.3, 0.4) is 0 Å². The standard InChI is InChI=1S/C11H13Br2NO2S/c1-3-5-14-9(11(15)16-4-2)8-6-7(12)10(13)17-8/h3,6,9,14H,1,4-5H2,2H3. The minimum absolute atomic E-state index is 0.268. The van der Waals surface area contributed by atoms with Crippen molar-refractivity contribution < 1.29 is 9.53 Å². The first kappa shape index (κ1) is 14.9. The maximum Gasteiger partial charge on any atom is 0.328 e. The molecule has 17 heavy (non-hydrogen) atoms. The number of nitrogens with one attached hydrogen (secondary N) is 1. The molecule has 1 atom stereocenters. The van der Waals surface area contributed by atoms with Gasteiger partial charge in [0.25, 0.3) is 0 Å². The fourth-order valence-corrected chi connectivity index (χ4v) is 3.39. The Morgan fingerprint density at radius 2 is 2.41 bits per heavy atom. The molecule has 94 valence electrons. The maximum atomic E-state index is 11.8. The van der Waals surface area contributed by atoms with E-state index in [1.54, 1.807) is 13.0 Å². The SMILES string of the molecule is C=CCNC(C(=O)OCC)c1cc(Br)c(Br)s1. The van der Waals surface area contributed by atoms with Gasteiger partial charge < -0.3 is 4.74 Å². The van der Waals surface area contributed by atoms with Crippen molar-refractivity contribution in [2.45, 2.75) is 13.0 Å².